The van der Waals surface area contributed by atoms with Crippen molar-refractivity contribution in [2.24, 2.45) is 7.05 Å². The molecule has 1 aromatic rings. The van der Waals surface area contributed by atoms with E-state index in [1.54, 1.807) is 11.5 Å². The molecule has 1 amide bonds. The van der Waals surface area contributed by atoms with Crippen LogP contribution in [0.3, 0.4) is 0 Å². The van der Waals surface area contributed by atoms with E-state index in [4.69, 9.17) is 12.2 Å². The SMILES string of the molecule is CC#CCCCC(=O)NCCc1n[nH]c(=S)n1C. The topological polar surface area (TPSA) is 62.7 Å². The van der Waals surface area contributed by atoms with Gasteiger partial charge < -0.3 is 9.88 Å². The summed E-state index contributed by atoms with van der Waals surface area (Å²) in [6.07, 6.45) is 2.77. The molecule has 1 aromatic heterocycles. The van der Waals surface area contributed by atoms with E-state index in [-0.39, 0.29) is 5.91 Å². The second-order valence-electron chi connectivity index (χ2n) is 3.88. The van der Waals surface area contributed by atoms with Crippen LogP contribution in [0.15, 0.2) is 0 Å². The van der Waals surface area contributed by atoms with Crippen LogP contribution in [-0.4, -0.2) is 27.2 Å². The highest BCUT2D eigenvalue weighted by molar-refractivity contribution is 7.71. The van der Waals surface area contributed by atoms with Crippen molar-refractivity contribution >= 4 is 18.1 Å². The van der Waals surface area contributed by atoms with Gasteiger partial charge in [-0.25, -0.2) is 0 Å². The molecule has 0 unspecified atom stereocenters. The molecule has 0 atom stereocenters. The average molecular weight is 266 g/mol. The standard InChI is InChI=1S/C12H18N4OS/c1-3-4-5-6-7-11(17)13-9-8-10-14-15-12(18)16(10)2/h5-9H2,1-2H3,(H,13,17)(H,15,18). The summed E-state index contributed by atoms with van der Waals surface area (Å²) in [5.74, 6) is 6.65. The summed E-state index contributed by atoms with van der Waals surface area (Å²) in [7, 11) is 1.85. The van der Waals surface area contributed by atoms with Crippen molar-refractivity contribution in [2.45, 2.75) is 32.6 Å². The molecular weight excluding hydrogens is 248 g/mol. The van der Waals surface area contributed by atoms with Gasteiger partial charge in [-0.1, -0.05) is 0 Å². The molecule has 0 radical (unpaired) electrons. The van der Waals surface area contributed by atoms with Crippen molar-refractivity contribution in [2.75, 3.05) is 6.54 Å². The third kappa shape index (κ3) is 4.72. The number of carbonyl (C=O) groups excluding carboxylic acids is 1. The first kappa shape index (κ1) is 14.5. The molecule has 0 aliphatic rings. The lowest BCUT2D eigenvalue weighted by Gasteiger charge is -2.04. The van der Waals surface area contributed by atoms with Crippen molar-refractivity contribution in [3.63, 3.8) is 0 Å². The van der Waals surface area contributed by atoms with Gasteiger partial charge in [0.15, 0.2) is 4.77 Å². The summed E-state index contributed by atoms with van der Waals surface area (Å²) in [6, 6.07) is 0. The molecule has 2 N–H and O–H groups in total. The third-order valence-corrected chi connectivity index (χ3v) is 2.89. The van der Waals surface area contributed by atoms with Gasteiger partial charge in [0.1, 0.15) is 5.82 Å². The maximum absolute atomic E-state index is 11.5. The van der Waals surface area contributed by atoms with E-state index in [1.807, 2.05) is 7.05 Å². The Hall–Kier alpha value is -1.61. The van der Waals surface area contributed by atoms with Gasteiger partial charge >= 0.3 is 0 Å². The molecule has 98 valence electrons. The smallest absolute Gasteiger partial charge is 0.220 e. The normalized spacial score (nSPS) is 9.67. The monoisotopic (exact) mass is 266 g/mol. The molecule has 0 spiro atoms. The first-order valence-electron chi connectivity index (χ1n) is 5.91. The Labute approximate surface area is 112 Å². The molecule has 18 heavy (non-hydrogen) atoms. The number of amides is 1. The highest BCUT2D eigenvalue weighted by Crippen LogP contribution is 1.96. The molecule has 0 saturated carbocycles. The first-order chi connectivity index (χ1) is 8.65. The Kier molecular flexibility index (Phi) is 6.15. The number of hydrogen-bond donors (Lipinski definition) is 2. The Morgan fingerprint density at radius 1 is 1.61 bits per heavy atom. The highest BCUT2D eigenvalue weighted by Gasteiger charge is 2.03. The summed E-state index contributed by atoms with van der Waals surface area (Å²) < 4.78 is 2.40. The predicted molar refractivity (Wildman–Crippen MR) is 72.4 cm³/mol. The number of carbonyl (C=O) groups is 1. The summed E-state index contributed by atoms with van der Waals surface area (Å²) in [5, 5.41) is 9.64. The maximum Gasteiger partial charge on any atom is 0.220 e. The zero-order chi connectivity index (χ0) is 13.4. The van der Waals surface area contributed by atoms with E-state index < -0.39 is 0 Å². The Morgan fingerprint density at radius 2 is 2.39 bits per heavy atom. The number of hydrogen-bond acceptors (Lipinski definition) is 3. The minimum Gasteiger partial charge on any atom is -0.356 e. The number of aromatic amines is 1. The number of aromatic nitrogens is 3. The molecule has 0 fully saturated rings. The molecular formula is C12H18N4OS. The van der Waals surface area contributed by atoms with E-state index in [2.05, 4.69) is 27.4 Å². The zero-order valence-electron chi connectivity index (χ0n) is 10.7. The van der Waals surface area contributed by atoms with Gasteiger partial charge in [0.2, 0.25) is 5.91 Å². The average Bonchev–Trinajstić information content (AvgIpc) is 2.67. The molecule has 0 aromatic carbocycles. The molecule has 0 aliphatic carbocycles. The fraction of sp³-hybridized carbons (Fsp3) is 0.583. The van der Waals surface area contributed by atoms with E-state index in [0.717, 1.165) is 18.7 Å². The fourth-order valence-electron chi connectivity index (χ4n) is 1.47. The molecule has 1 rings (SSSR count). The summed E-state index contributed by atoms with van der Waals surface area (Å²) in [6.45, 7) is 2.38. The molecule has 0 saturated heterocycles. The second-order valence-corrected chi connectivity index (χ2v) is 4.27. The first-order valence-corrected chi connectivity index (χ1v) is 6.32. The lowest BCUT2D eigenvalue weighted by molar-refractivity contribution is -0.121. The number of unbranched alkanes of at least 4 members (excludes halogenated alkanes) is 1. The highest BCUT2D eigenvalue weighted by atomic mass is 32.1. The largest absolute Gasteiger partial charge is 0.356 e. The van der Waals surface area contributed by atoms with Crippen molar-refractivity contribution in [1.82, 2.24) is 20.1 Å². The van der Waals surface area contributed by atoms with Crippen molar-refractivity contribution < 1.29 is 4.79 Å². The van der Waals surface area contributed by atoms with Crippen LogP contribution in [0, 0.1) is 16.6 Å². The number of H-pyrrole nitrogens is 1. The van der Waals surface area contributed by atoms with Gasteiger partial charge in [-0.2, -0.15) is 5.10 Å². The van der Waals surface area contributed by atoms with Crippen LogP contribution in [0.4, 0.5) is 0 Å². The number of nitrogens with zero attached hydrogens (tertiary/aromatic N) is 2. The van der Waals surface area contributed by atoms with Crippen molar-refractivity contribution in [3.8, 4) is 11.8 Å². The van der Waals surface area contributed by atoms with E-state index in [1.165, 1.54) is 0 Å². The summed E-state index contributed by atoms with van der Waals surface area (Å²) >= 11 is 5.00. The van der Waals surface area contributed by atoms with Gasteiger partial charge in [0.25, 0.3) is 0 Å². The number of nitrogens with one attached hydrogen (secondary N) is 2. The van der Waals surface area contributed by atoms with Crippen LogP contribution in [-0.2, 0) is 18.3 Å². The van der Waals surface area contributed by atoms with Crippen LogP contribution >= 0.6 is 12.2 Å². The van der Waals surface area contributed by atoms with Crippen LogP contribution in [0.2, 0.25) is 0 Å². The molecule has 0 bridgehead atoms. The molecule has 6 heteroatoms. The van der Waals surface area contributed by atoms with Crippen molar-refractivity contribution in [1.29, 1.82) is 0 Å². The Morgan fingerprint density at radius 3 is 3.00 bits per heavy atom. The van der Waals surface area contributed by atoms with Gasteiger partial charge in [0.05, 0.1) is 0 Å². The van der Waals surface area contributed by atoms with Gasteiger partial charge in [0, 0.05) is 32.9 Å². The minimum absolute atomic E-state index is 0.0599. The lowest BCUT2D eigenvalue weighted by atomic mass is 10.2. The summed E-state index contributed by atoms with van der Waals surface area (Å²) in [5.41, 5.74) is 0. The van der Waals surface area contributed by atoms with Crippen molar-refractivity contribution in [3.05, 3.63) is 10.6 Å². The minimum atomic E-state index is 0.0599. The molecule has 5 nitrogen and oxygen atoms in total. The quantitative estimate of drug-likeness (QED) is 0.464. The Balaban J connectivity index is 2.21. The predicted octanol–water partition coefficient (Wildman–Crippen LogP) is 1.33. The third-order valence-electron chi connectivity index (χ3n) is 2.53. The Bertz CT molecular complexity index is 506. The molecule has 0 aliphatic heterocycles. The van der Waals surface area contributed by atoms with E-state index in [9.17, 15) is 4.79 Å². The molecule has 1 heterocycles. The van der Waals surface area contributed by atoms with E-state index in [0.29, 0.717) is 24.2 Å². The van der Waals surface area contributed by atoms with Crippen LogP contribution < -0.4 is 5.32 Å². The fourth-order valence-corrected chi connectivity index (χ4v) is 1.62. The van der Waals surface area contributed by atoms with Crippen LogP contribution in [0.1, 0.15) is 32.0 Å². The van der Waals surface area contributed by atoms with Crippen LogP contribution in [0.25, 0.3) is 0 Å². The summed E-state index contributed by atoms with van der Waals surface area (Å²) in [4.78, 5) is 11.5. The van der Waals surface area contributed by atoms with Gasteiger partial charge in [-0.05, 0) is 25.6 Å². The zero-order valence-corrected chi connectivity index (χ0v) is 11.6. The van der Waals surface area contributed by atoms with Gasteiger partial charge in [-0.3, -0.25) is 9.89 Å². The maximum atomic E-state index is 11.5. The van der Waals surface area contributed by atoms with Crippen LogP contribution in [0.5, 0.6) is 0 Å². The lowest BCUT2D eigenvalue weighted by Crippen LogP contribution is -2.26. The second kappa shape index (κ2) is 7.67. The van der Waals surface area contributed by atoms with Gasteiger partial charge in [-0.15, -0.1) is 11.8 Å². The van der Waals surface area contributed by atoms with E-state index >= 15 is 0 Å². The number of rotatable bonds is 6.